The van der Waals surface area contributed by atoms with Gasteiger partial charge in [0.2, 0.25) is 11.9 Å². The molecule has 0 radical (unpaired) electrons. The molecule has 1 aliphatic rings. The van der Waals surface area contributed by atoms with Crippen LogP contribution in [0.15, 0.2) is 73.7 Å². The van der Waals surface area contributed by atoms with E-state index in [1.165, 1.54) is 6.08 Å². The van der Waals surface area contributed by atoms with Crippen LogP contribution in [0.25, 0.3) is 22.2 Å². The van der Waals surface area contributed by atoms with Crippen molar-refractivity contribution in [1.82, 2.24) is 24.8 Å². The summed E-state index contributed by atoms with van der Waals surface area (Å²) >= 11 is 0. The second-order valence-electron chi connectivity index (χ2n) is 7.69. The number of aromatic amines is 1. The van der Waals surface area contributed by atoms with Gasteiger partial charge in [0.25, 0.3) is 5.91 Å². The number of hydrogen-bond donors (Lipinski definition) is 3. The fourth-order valence-corrected chi connectivity index (χ4v) is 3.70. The summed E-state index contributed by atoms with van der Waals surface area (Å²) in [5, 5.41) is 6.90. The van der Waals surface area contributed by atoms with Gasteiger partial charge in [-0.2, -0.15) is 4.98 Å². The third-order valence-corrected chi connectivity index (χ3v) is 5.50. The van der Waals surface area contributed by atoms with Gasteiger partial charge in [-0.3, -0.25) is 9.59 Å². The van der Waals surface area contributed by atoms with E-state index in [1.54, 1.807) is 41.6 Å². The first-order valence-electron chi connectivity index (χ1n) is 10.5. The van der Waals surface area contributed by atoms with Gasteiger partial charge in [0.15, 0.2) is 0 Å². The molecular weight excluding hydrogens is 418 g/mol. The van der Waals surface area contributed by atoms with Gasteiger partial charge in [0.1, 0.15) is 11.5 Å². The Kier molecular flexibility index (Phi) is 5.27. The highest BCUT2D eigenvalue weighted by Gasteiger charge is 2.29. The number of benzene rings is 1. The fraction of sp³-hybridized carbons (Fsp3) is 0.125. The van der Waals surface area contributed by atoms with Crippen LogP contribution in [-0.2, 0) is 4.79 Å². The van der Waals surface area contributed by atoms with E-state index in [9.17, 15) is 9.59 Å². The summed E-state index contributed by atoms with van der Waals surface area (Å²) in [6.07, 6.45) is 6.59. The maximum absolute atomic E-state index is 12.4. The molecule has 1 fully saturated rings. The zero-order valence-electron chi connectivity index (χ0n) is 17.7. The number of nitrogens with one attached hydrogen (secondary N) is 3. The number of aromatic nitrogens is 4. The molecule has 0 saturated carbocycles. The van der Waals surface area contributed by atoms with E-state index in [0.29, 0.717) is 36.1 Å². The van der Waals surface area contributed by atoms with Gasteiger partial charge in [-0.15, -0.1) is 0 Å². The first-order valence-corrected chi connectivity index (χ1v) is 10.5. The molecule has 5 rings (SSSR count). The lowest BCUT2D eigenvalue weighted by Crippen LogP contribution is -2.56. The van der Waals surface area contributed by atoms with Crippen LogP contribution in [-0.4, -0.2) is 55.8 Å². The first-order chi connectivity index (χ1) is 16.1. The van der Waals surface area contributed by atoms with Gasteiger partial charge < -0.3 is 20.5 Å². The third kappa shape index (κ3) is 4.16. The van der Waals surface area contributed by atoms with Crippen molar-refractivity contribution in [2.75, 3.05) is 23.7 Å². The molecule has 0 unspecified atom stereocenters. The number of nitrogens with zero attached hydrogens (tertiary/aromatic N) is 4. The van der Waals surface area contributed by atoms with Gasteiger partial charge in [0, 0.05) is 48.2 Å². The molecule has 0 atom stereocenters. The quantitative estimate of drug-likeness (QED) is 0.398. The SMILES string of the molecule is C=CC(=O)N1CC(Nc2ncc3c(-c4ccc(C(=O)Nc5ccccn5)cc4)c[nH]c3n2)C1. The van der Waals surface area contributed by atoms with Gasteiger partial charge in [-0.25, -0.2) is 9.97 Å². The minimum absolute atomic E-state index is 0.0707. The molecule has 0 bridgehead atoms. The van der Waals surface area contributed by atoms with Crippen LogP contribution in [0.5, 0.6) is 0 Å². The topological polar surface area (TPSA) is 116 Å². The van der Waals surface area contributed by atoms with E-state index in [4.69, 9.17) is 0 Å². The van der Waals surface area contributed by atoms with Crippen LogP contribution in [0.3, 0.4) is 0 Å². The van der Waals surface area contributed by atoms with Crippen molar-refractivity contribution in [3.8, 4) is 11.1 Å². The highest BCUT2D eigenvalue weighted by Crippen LogP contribution is 2.28. The minimum atomic E-state index is -0.220. The van der Waals surface area contributed by atoms with E-state index >= 15 is 0 Å². The normalized spacial score (nSPS) is 13.4. The summed E-state index contributed by atoms with van der Waals surface area (Å²) in [5.41, 5.74) is 3.13. The van der Waals surface area contributed by atoms with E-state index in [0.717, 1.165) is 16.5 Å². The van der Waals surface area contributed by atoms with Crippen LogP contribution in [0.2, 0.25) is 0 Å². The molecule has 33 heavy (non-hydrogen) atoms. The van der Waals surface area contributed by atoms with Crippen molar-refractivity contribution in [2.45, 2.75) is 6.04 Å². The van der Waals surface area contributed by atoms with Crippen LogP contribution >= 0.6 is 0 Å². The molecule has 9 nitrogen and oxygen atoms in total. The Morgan fingerprint density at radius 2 is 1.94 bits per heavy atom. The Balaban J connectivity index is 1.28. The number of rotatable bonds is 6. The first kappa shape index (κ1) is 20.4. The van der Waals surface area contributed by atoms with E-state index in [1.807, 2.05) is 24.4 Å². The molecule has 4 heterocycles. The average Bonchev–Trinajstić information content (AvgIpc) is 3.24. The standard InChI is InChI=1S/C24H21N7O2/c1-2-21(32)31-13-17(14-31)28-24-27-12-19-18(11-26-22(19)30-24)15-6-8-16(9-7-15)23(33)29-20-5-3-4-10-25-20/h2-12,17H,1,13-14H2,(H,25,29,33)(H2,26,27,28,30). The number of amides is 2. The predicted octanol–water partition coefficient (Wildman–Crippen LogP) is 3.08. The zero-order chi connectivity index (χ0) is 22.8. The summed E-state index contributed by atoms with van der Waals surface area (Å²) in [4.78, 5) is 42.0. The number of anilines is 2. The third-order valence-electron chi connectivity index (χ3n) is 5.50. The molecule has 1 aliphatic heterocycles. The van der Waals surface area contributed by atoms with Crippen LogP contribution in [0.1, 0.15) is 10.4 Å². The number of carbonyl (C=O) groups is 2. The molecule has 1 aromatic carbocycles. The molecule has 1 saturated heterocycles. The molecule has 0 spiro atoms. The number of likely N-dealkylation sites (tertiary alicyclic amines) is 1. The Hall–Kier alpha value is -4.53. The van der Waals surface area contributed by atoms with E-state index in [2.05, 4.69) is 37.1 Å². The Labute approximate surface area is 189 Å². The van der Waals surface area contributed by atoms with Crippen LogP contribution < -0.4 is 10.6 Å². The molecule has 2 amide bonds. The second-order valence-corrected chi connectivity index (χ2v) is 7.69. The van der Waals surface area contributed by atoms with Crippen molar-refractivity contribution >= 4 is 34.6 Å². The van der Waals surface area contributed by atoms with Crippen molar-refractivity contribution in [1.29, 1.82) is 0 Å². The largest absolute Gasteiger partial charge is 0.348 e. The van der Waals surface area contributed by atoms with Crippen molar-refractivity contribution in [2.24, 2.45) is 0 Å². The second kappa shape index (κ2) is 8.54. The van der Waals surface area contributed by atoms with Gasteiger partial charge >= 0.3 is 0 Å². The summed E-state index contributed by atoms with van der Waals surface area (Å²) in [7, 11) is 0. The fourth-order valence-electron chi connectivity index (χ4n) is 3.70. The molecule has 3 aromatic heterocycles. The van der Waals surface area contributed by atoms with E-state index < -0.39 is 0 Å². The van der Waals surface area contributed by atoms with Gasteiger partial charge in [-0.05, 0) is 35.9 Å². The highest BCUT2D eigenvalue weighted by atomic mass is 16.2. The Morgan fingerprint density at radius 3 is 2.67 bits per heavy atom. The average molecular weight is 439 g/mol. The smallest absolute Gasteiger partial charge is 0.256 e. The minimum Gasteiger partial charge on any atom is -0.348 e. The molecule has 3 N–H and O–H groups in total. The molecular formula is C24H21N7O2. The lowest BCUT2D eigenvalue weighted by molar-refractivity contribution is -0.129. The van der Waals surface area contributed by atoms with Crippen LogP contribution in [0, 0.1) is 0 Å². The van der Waals surface area contributed by atoms with E-state index in [-0.39, 0.29) is 17.9 Å². The zero-order valence-corrected chi connectivity index (χ0v) is 17.7. The molecule has 4 aromatic rings. The Bertz CT molecular complexity index is 1330. The summed E-state index contributed by atoms with van der Waals surface area (Å²) in [5.74, 6) is 0.723. The number of fused-ring (bicyclic) bond motifs is 1. The number of pyridine rings is 1. The summed E-state index contributed by atoms with van der Waals surface area (Å²) < 4.78 is 0. The molecule has 9 heteroatoms. The highest BCUT2D eigenvalue weighted by molar-refractivity contribution is 6.04. The van der Waals surface area contributed by atoms with Gasteiger partial charge in [0.05, 0.1) is 6.04 Å². The van der Waals surface area contributed by atoms with Crippen molar-refractivity contribution < 1.29 is 9.59 Å². The maximum Gasteiger partial charge on any atom is 0.256 e. The number of H-pyrrole nitrogens is 1. The van der Waals surface area contributed by atoms with Gasteiger partial charge in [-0.1, -0.05) is 24.8 Å². The summed E-state index contributed by atoms with van der Waals surface area (Å²) in [6.45, 7) is 4.70. The number of hydrogen-bond acceptors (Lipinski definition) is 6. The molecule has 0 aliphatic carbocycles. The van der Waals surface area contributed by atoms with Crippen LogP contribution in [0.4, 0.5) is 11.8 Å². The van der Waals surface area contributed by atoms with Crippen molar-refractivity contribution in [3.63, 3.8) is 0 Å². The summed E-state index contributed by atoms with van der Waals surface area (Å²) in [6, 6.07) is 12.8. The maximum atomic E-state index is 12.4. The Morgan fingerprint density at radius 1 is 1.12 bits per heavy atom. The number of carbonyl (C=O) groups excluding carboxylic acids is 2. The molecule has 164 valence electrons. The lowest BCUT2D eigenvalue weighted by atomic mass is 10.0. The monoisotopic (exact) mass is 439 g/mol. The predicted molar refractivity (Wildman–Crippen MR) is 126 cm³/mol. The van der Waals surface area contributed by atoms with Crippen molar-refractivity contribution in [3.05, 3.63) is 79.3 Å². The lowest BCUT2D eigenvalue weighted by Gasteiger charge is -2.38.